The molecule has 0 aromatic carbocycles. The Morgan fingerprint density at radius 3 is 2.75 bits per heavy atom. The zero-order valence-electron chi connectivity index (χ0n) is 13.2. The lowest BCUT2D eigenvalue weighted by molar-refractivity contribution is 0.0810. The maximum Gasteiger partial charge on any atom is 0.187 e. The van der Waals surface area contributed by atoms with Crippen molar-refractivity contribution in [2.45, 2.75) is 26.7 Å². The Kier molecular flexibility index (Phi) is 3.28. The molecule has 0 bridgehead atoms. The number of Topliss-reactive ketones (excluding diaryl/α,β-unsaturated/α-hetero) is 1. The maximum absolute atomic E-state index is 13.0. The van der Waals surface area contributed by atoms with Crippen LogP contribution in [0.4, 0.5) is 0 Å². The molecule has 122 valence electrons. The summed E-state index contributed by atoms with van der Waals surface area (Å²) in [5.41, 5.74) is 1.42. The first-order valence-corrected chi connectivity index (χ1v) is 7.92. The standard InChI is InChI=1S/C16H14ClN5O2/c1-16(2)7-5-9-13(15(16)23)14(10-6-8-18-24-10)21-22(9)12-4-3-11(17)19-20-12/h3-4,6,8H,5,7H2,1-2H3. The van der Waals surface area contributed by atoms with E-state index in [1.54, 1.807) is 22.9 Å². The normalized spacial score (nSPS) is 16.2. The molecule has 8 heteroatoms. The van der Waals surface area contributed by atoms with Crippen LogP contribution < -0.4 is 0 Å². The minimum atomic E-state index is -0.443. The van der Waals surface area contributed by atoms with Gasteiger partial charge in [0, 0.05) is 11.5 Å². The van der Waals surface area contributed by atoms with Gasteiger partial charge in [-0.3, -0.25) is 4.79 Å². The number of rotatable bonds is 2. The van der Waals surface area contributed by atoms with E-state index < -0.39 is 5.41 Å². The minimum absolute atomic E-state index is 0.0447. The second kappa shape index (κ2) is 5.24. The average Bonchev–Trinajstić information content (AvgIpc) is 3.19. The highest BCUT2D eigenvalue weighted by molar-refractivity contribution is 6.29. The van der Waals surface area contributed by atoms with Crippen LogP contribution in [0.5, 0.6) is 0 Å². The van der Waals surface area contributed by atoms with Gasteiger partial charge in [0.05, 0.1) is 17.5 Å². The number of ketones is 1. The van der Waals surface area contributed by atoms with Gasteiger partial charge in [0.25, 0.3) is 0 Å². The van der Waals surface area contributed by atoms with Crippen LogP contribution in [0.15, 0.2) is 28.9 Å². The molecule has 3 aromatic rings. The van der Waals surface area contributed by atoms with E-state index >= 15 is 0 Å². The van der Waals surface area contributed by atoms with E-state index in [1.807, 2.05) is 13.8 Å². The van der Waals surface area contributed by atoms with Gasteiger partial charge in [-0.05, 0) is 25.0 Å². The van der Waals surface area contributed by atoms with E-state index in [0.29, 0.717) is 34.4 Å². The van der Waals surface area contributed by atoms with Crippen molar-refractivity contribution in [3.8, 4) is 17.3 Å². The minimum Gasteiger partial charge on any atom is -0.355 e. The molecule has 0 saturated heterocycles. The Labute approximate surface area is 142 Å². The fourth-order valence-corrected chi connectivity index (χ4v) is 3.03. The Bertz CT molecular complexity index is 913. The molecular formula is C16H14ClN5O2. The summed E-state index contributed by atoms with van der Waals surface area (Å²) in [5, 5.41) is 16.5. The fraction of sp³-hybridized carbons (Fsp3) is 0.312. The van der Waals surface area contributed by atoms with Crippen LogP contribution in [0.25, 0.3) is 17.3 Å². The summed E-state index contributed by atoms with van der Waals surface area (Å²) in [6.45, 7) is 3.89. The van der Waals surface area contributed by atoms with Gasteiger partial charge in [0.2, 0.25) is 0 Å². The van der Waals surface area contributed by atoms with Crippen molar-refractivity contribution < 1.29 is 9.32 Å². The van der Waals surface area contributed by atoms with E-state index in [1.165, 1.54) is 6.20 Å². The number of carbonyl (C=O) groups excluding carboxylic acids is 1. The van der Waals surface area contributed by atoms with Crippen molar-refractivity contribution in [1.82, 2.24) is 25.1 Å². The van der Waals surface area contributed by atoms with Crippen LogP contribution >= 0.6 is 11.6 Å². The van der Waals surface area contributed by atoms with Crippen molar-refractivity contribution in [2.24, 2.45) is 5.41 Å². The summed E-state index contributed by atoms with van der Waals surface area (Å²) < 4.78 is 6.88. The second-order valence-corrected chi connectivity index (χ2v) is 6.77. The quantitative estimate of drug-likeness (QED) is 0.710. The molecule has 0 radical (unpaired) electrons. The van der Waals surface area contributed by atoms with Gasteiger partial charge in [-0.25, -0.2) is 4.68 Å². The van der Waals surface area contributed by atoms with E-state index in [2.05, 4.69) is 20.5 Å². The molecule has 1 aliphatic rings. The first-order chi connectivity index (χ1) is 11.5. The fourth-order valence-electron chi connectivity index (χ4n) is 2.93. The summed E-state index contributed by atoms with van der Waals surface area (Å²) in [6.07, 6.45) is 2.97. The predicted molar refractivity (Wildman–Crippen MR) is 86.1 cm³/mol. The van der Waals surface area contributed by atoms with E-state index in [4.69, 9.17) is 16.1 Å². The number of halogens is 1. The Morgan fingerprint density at radius 2 is 2.08 bits per heavy atom. The van der Waals surface area contributed by atoms with Crippen LogP contribution in [-0.2, 0) is 6.42 Å². The summed E-state index contributed by atoms with van der Waals surface area (Å²) in [6, 6.07) is 5.05. The monoisotopic (exact) mass is 343 g/mol. The third-order valence-electron chi connectivity index (χ3n) is 4.32. The van der Waals surface area contributed by atoms with Gasteiger partial charge in [-0.1, -0.05) is 30.6 Å². The number of hydrogen-bond acceptors (Lipinski definition) is 6. The van der Waals surface area contributed by atoms with Gasteiger partial charge in [0.1, 0.15) is 5.69 Å². The average molecular weight is 344 g/mol. The zero-order chi connectivity index (χ0) is 16.9. The molecule has 3 heterocycles. The lowest BCUT2D eigenvalue weighted by Crippen LogP contribution is -2.31. The molecule has 0 N–H and O–H groups in total. The highest BCUT2D eigenvalue weighted by Gasteiger charge is 2.40. The molecular weight excluding hydrogens is 330 g/mol. The molecule has 0 amide bonds. The number of fused-ring (bicyclic) bond motifs is 1. The van der Waals surface area contributed by atoms with E-state index in [-0.39, 0.29) is 5.78 Å². The molecule has 1 aliphatic carbocycles. The van der Waals surface area contributed by atoms with Gasteiger partial charge in [-0.15, -0.1) is 10.2 Å². The number of nitrogens with zero attached hydrogens (tertiary/aromatic N) is 5. The van der Waals surface area contributed by atoms with Crippen LogP contribution in [0, 0.1) is 5.41 Å². The SMILES string of the molecule is CC1(C)CCc2c(c(-c3ccno3)nn2-c2ccc(Cl)nn2)C1=O. The largest absolute Gasteiger partial charge is 0.355 e. The van der Waals surface area contributed by atoms with Crippen molar-refractivity contribution in [3.05, 3.63) is 40.8 Å². The Balaban J connectivity index is 1.96. The Hall–Kier alpha value is -2.54. The number of aromatic nitrogens is 5. The molecule has 24 heavy (non-hydrogen) atoms. The third kappa shape index (κ3) is 2.24. The van der Waals surface area contributed by atoms with Crippen LogP contribution in [-0.4, -0.2) is 30.9 Å². The lowest BCUT2D eigenvalue weighted by Gasteiger charge is -2.28. The Morgan fingerprint density at radius 1 is 1.25 bits per heavy atom. The molecule has 0 unspecified atom stereocenters. The molecule has 0 spiro atoms. The predicted octanol–water partition coefficient (Wildman–Crippen LogP) is 3.13. The first-order valence-electron chi connectivity index (χ1n) is 7.55. The van der Waals surface area contributed by atoms with Gasteiger partial charge in [0.15, 0.2) is 22.5 Å². The molecule has 3 aromatic heterocycles. The van der Waals surface area contributed by atoms with Gasteiger partial charge in [-0.2, -0.15) is 5.10 Å². The van der Waals surface area contributed by atoms with Crippen molar-refractivity contribution in [1.29, 1.82) is 0 Å². The summed E-state index contributed by atoms with van der Waals surface area (Å²) >= 11 is 5.81. The highest BCUT2D eigenvalue weighted by Crippen LogP contribution is 2.39. The first kappa shape index (κ1) is 15.0. The molecule has 0 aliphatic heterocycles. The van der Waals surface area contributed by atoms with E-state index in [0.717, 1.165) is 12.1 Å². The molecule has 0 saturated carbocycles. The zero-order valence-corrected chi connectivity index (χ0v) is 13.9. The van der Waals surface area contributed by atoms with Gasteiger partial charge >= 0.3 is 0 Å². The smallest absolute Gasteiger partial charge is 0.187 e. The molecule has 0 fully saturated rings. The molecule has 4 rings (SSSR count). The molecule has 7 nitrogen and oxygen atoms in total. The highest BCUT2D eigenvalue weighted by atomic mass is 35.5. The van der Waals surface area contributed by atoms with Gasteiger partial charge < -0.3 is 4.52 Å². The van der Waals surface area contributed by atoms with E-state index in [9.17, 15) is 4.79 Å². The van der Waals surface area contributed by atoms with Crippen LogP contribution in [0.2, 0.25) is 5.15 Å². The number of hydrogen-bond donors (Lipinski definition) is 0. The topological polar surface area (TPSA) is 86.7 Å². The number of carbonyl (C=O) groups is 1. The summed E-state index contributed by atoms with van der Waals surface area (Å²) in [5.74, 6) is 1.01. The van der Waals surface area contributed by atoms with Crippen LogP contribution in [0.3, 0.4) is 0 Å². The van der Waals surface area contributed by atoms with Crippen LogP contribution in [0.1, 0.15) is 36.3 Å². The van der Waals surface area contributed by atoms with Crippen molar-refractivity contribution in [3.63, 3.8) is 0 Å². The third-order valence-corrected chi connectivity index (χ3v) is 4.52. The molecule has 0 atom stereocenters. The summed E-state index contributed by atoms with van der Waals surface area (Å²) in [4.78, 5) is 13.0. The second-order valence-electron chi connectivity index (χ2n) is 6.39. The maximum atomic E-state index is 13.0. The van der Waals surface area contributed by atoms with Crippen molar-refractivity contribution >= 4 is 17.4 Å². The lowest BCUT2D eigenvalue weighted by atomic mass is 9.74. The van der Waals surface area contributed by atoms with Crippen molar-refractivity contribution in [2.75, 3.05) is 0 Å². The summed E-state index contributed by atoms with van der Waals surface area (Å²) in [7, 11) is 0.